The van der Waals surface area contributed by atoms with Crippen LogP contribution in [0.1, 0.15) is 35.8 Å². The summed E-state index contributed by atoms with van der Waals surface area (Å²) >= 11 is 0. The van der Waals surface area contributed by atoms with Gasteiger partial charge in [-0.25, -0.2) is 18.4 Å². The first-order valence-corrected chi connectivity index (χ1v) is 11.8. The van der Waals surface area contributed by atoms with Gasteiger partial charge in [-0.15, -0.1) is 0 Å². The number of carbonyl (C=O) groups is 3. The van der Waals surface area contributed by atoms with E-state index in [4.69, 9.17) is 4.74 Å². The van der Waals surface area contributed by atoms with Crippen LogP contribution in [0.4, 0.5) is 19.3 Å². The van der Waals surface area contributed by atoms with E-state index in [1.54, 1.807) is 6.92 Å². The third-order valence-electron chi connectivity index (χ3n) is 6.32. The van der Waals surface area contributed by atoms with Crippen molar-refractivity contribution in [3.63, 3.8) is 0 Å². The van der Waals surface area contributed by atoms with Crippen LogP contribution in [-0.4, -0.2) is 62.0 Å². The van der Waals surface area contributed by atoms with Crippen LogP contribution in [-0.2, 0) is 9.53 Å². The van der Waals surface area contributed by atoms with Crippen molar-refractivity contribution in [3.05, 3.63) is 76.5 Å². The molecule has 0 unspecified atom stereocenters. The van der Waals surface area contributed by atoms with Crippen molar-refractivity contribution >= 4 is 23.5 Å². The molecule has 0 aromatic heterocycles. The number of carbonyl (C=O) groups excluding carboxylic acids is 3. The molecule has 190 valence electrons. The summed E-state index contributed by atoms with van der Waals surface area (Å²) in [5.74, 6) is -2.71. The van der Waals surface area contributed by atoms with Crippen molar-refractivity contribution in [3.8, 4) is 0 Å². The zero-order chi connectivity index (χ0) is 25.8. The fourth-order valence-electron chi connectivity index (χ4n) is 4.43. The fraction of sp³-hybridized carbons (Fsp3) is 0.346. The highest BCUT2D eigenvalue weighted by Gasteiger charge is 2.35. The molecule has 2 aromatic rings. The van der Waals surface area contributed by atoms with E-state index in [9.17, 15) is 23.2 Å². The number of piperazine rings is 1. The van der Waals surface area contributed by atoms with E-state index in [2.05, 4.69) is 20.4 Å². The maximum Gasteiger partial charge on any atom is 0.338 e. The highest BCUT2D eigenvalue weighted by Crippen LogP contribution is 2.29. The third-order valence-corrected chi connectivity index (χ3v) is 6.32. The number of benzene rings is 2. The molecule has 0 bridgehead atoms. The number of amides is 2. The van der Waals surface area contributed by atoms with Gasteiger partial charge in [-0.05, 0) is 55.8 Å². The van der Waals surface area contributed by atoms with Crippen LogP contribution in [0.3, 0.4) is 0 Å². The molecule has 4 rings (SSSR count). The fourth-order valence-corrected chi connectivity index (χ4v) is 4.43. The second kappa shape index (κ2) is 10.9. The summed E-state index contributed by atoms with van der Waals surface area (Å²) in [5, 5.41) is 5.34. The van der Waals surface area contributed by atoms with Gasteiger partial charge in [0.1, 0.15) is 0 Å². The number of rotatable bonds is 7. The standard InChI is InChI=1S/C26H28F2N4O4/c1-3-36-25(34)23-22(29-26(35)30-24(23)18-6-9-20(27)21(28)14-18)15-31-10-12-32(13-11-31)19-7-4-17(5-8-19)16(2)33/h4-9,14,24H,3,10-13,15H2,1-2H3,(H2,29,30,35)/t24-/m1/s1. The van der Waals surface area contributed by atoms with Gasteiger partial charge < -0.3 is 20.3 Å². The molecular weight excluding hydrogens is 470 g/mol. The number of nitrogens with zero attached hydrogens (tertiary/aromatic N) is 2. The minimum atomic E-state index is -1.07. The van der Waals surface area contributed by atoms with Crippen LogP contribution >= 0.6 is 0 Å². The highest BCUT2D eigenvalue weighted by atomic mass is 19.2. The lowest BCUT2D eigenvalue weighted by molar-refractivity contribution is -0.139. The quantitative estimate of drug-likeness (QED) is 0.450. The zero-order valence-electron chi connectivity index (χ0n) is 20.1. The molecular formula is C26H28F2N4O4. The molecule has 10 heteroatoms. The number of hydrogen-bond donors (Lipinski definition) is 2. The van der Waals surface area contributed by atoms with E-state index in [0.717, 1.165) is 17.8 Å². The summed E-state index contributed by atoms with van der Waals surface area (Å²) < 4.78 is 32.7. The van der Waals surface area contributed by atoms with Crippen LogP contribution in [0.25, 0.3) is 0 Å². The average Bonchev–Trinajstić information content (AvgIpc) is 2.86. The number of Topliss-reactive ketones (excluding diaryl/α,β-unsaturated/α-hetero) is 1. The lowest BCUT2D eigenvalue weighted by Crippen LogP contribution is -2.51. The van der Waals surface area contributed by atoms with Gasteiger partial charge in [-0.1, -0.05) is 6.07 Å². The molecule has 0 spiro atoms. The number of ketones is 1. The van der Waals surface area contributed by atoms with Crippen molar-refractivity contribution in [1.29, 1.82) is 0 Å². The summed E-state index contributed by atoms with van der Waals surface area (Å²) in [6.45, 7) is 6.33. The van der Waals surface area contributed by atoms with Crippen LogP contribution < -0.4 is 15.5 Å². The Morgan fingerprint density at radius 2 is 1.72 bits per heavy atom. The van der Waals surface area contributed by atoms with Crippen LogP contribution in [0.15, 0.2) is 53.7 Å². The van der Waals surface area contributed by atoms with Gasteiger partial charge in [-0.2, -0.15) is 0 Å². The van der Waals surface area contributed by atoms with Gasteiger partial charge in [0.15, 0.2) is 17.4 Å². The third kappa shape index (κ3) is 5.54. The zero-order valence-corrected chi connectivity index (χ0v) is 20.1. The summed E-state index contributed by atoms with van der Waals surface area (Å²) in [5.41, 5.74) is 2.44. The first kappa shape index (κ1) is 25.3. The number of halogens is 2. The van der Waals surface area contributed by atoms with Gasteiger partial charge in [0.05, 0.1) is 18.2 Å². The van der Waals surface area contributed by atoms with Crippen LogP contribution in [0.2, 0.25) is 0 Å². The molecule has 1 saturated heterocycles. The monoisotopic (exact) mass is 498 g/mol. The Morgan fingerprint density at radius 1 is 1.03 bits per heavy atom. The van der Waals surface area contributed by atoms with E-state index in [1.807, 2.05) is 24.3 Å². The Hall–Kier alpha value is -3.79. The molecule has 2 amide bonds. The van der Waals surface area contributed by atoms with Gasteiger partial charge in [-0.3, -0.25) is 9.69 Å². The summed E-state index contributed by atoms with van der Waals surface area (Å²) in [6.07, 6.45) is 0. The normalized spacial score (nSPS) is 18.5. The van der Waals surface area contributed by atoms with Crippen molar-refractivity contribution in [1.82, 2.24) is 15.5 Å². The lowest BCUT2D eigenvalue weighted by Gasteiger charge is -2.38. The van der Waals surface area contributed by atoms with E-state index in [1.165, 1.54) is 13.0 Å². The Balaban J connectivity index is 1.54. The molecule has 36 heavy (non-hydrogen) atoms. The van der Waals surface area contributed by atoms with Crippen LogP contribution in [0, 0.1) is 11.6 Å². The Kier molecular flexibility index (Phi) is 7.64. The number of hydrogen-bond acceptors (Lipinski definition) is 6. The van der Waals surface area contributed by atoms with Crippen LogP contribution in [0.5, 0.6) is 0 Å². The Labute approximate surface area is 207 Å². The summed E-state index contributed by atoms with van der Waals surface area (Å²) in [4.78, 5) is 41.2. The second-order valence-electron chi connectivity index (χ2n) is 8.68. The van der Waals surface area contributed by atoms with E-state index in [-0.39, 0.29) is 30.1 Å². The number of anilines is 1. The largest absolute Gasteiger partial charge is 0.463 e. The maximum atomic E-state index is 14.0. The number of ether oxygens (including phenoxy) is 1. The Morgan fingerprint density at radius 3 is 2.33 bits per heavy atom. The highest BCUT2D eigenvalue weighted by molar-refractivity contribution is 5.95. The van der Waals surface area contributed by atoms with Crippen molar-refractivity contribution in [2.75, 3.05) is 44.2 Å². The first-order valence-electron chi connectivity index (χ1n) is 11.8. The molecule has 1 atom stereocenters. The first-order chi connectivity index (χ1) is 17.3. The molecule has 2 N–H and O–H groups in total. The predicted octanol–water partition coefficient (Wildman–Crippen LogP) is 3.16. The molecule has 2 heterocycles. The summed E-state index contributed by atoms with van der Waals surface area (Å²) in [6, 6.07) is 9.21. The maximum absolute atomic E-state index is 14.0. The molecule has 0 radical (unpaired) electrons. The summed E-state index contributed by atoms with van der Waals surface area (Å²) in [7, 11) is 0. The topological polar surface area (TPSA) is 91.0 Å². The molecule has 2 aliphatic heterocycles. The van der Waals surface area contributed by atoms with E-state index >= 15 is 0 Å². The number of nitrogens with one attached hydrogen (secondary N) is 2. The van der Waals surface area contributed by atoms with E-state index < -0.39 is 29.7 Å². The van der Waals surface area contributed by atoms with E-state index in [0.29, 0.717) is 37.4 Å². The Bertz CT molecular complexity index is 1190. The predicted molar refractivity (Wildman–Crippen MR) is 130 cm³/mol. The minimum absolute atomic E-state index is 0.0164. The SMILES string of the molecule is CCOC(=O)C1=C(CN2CCN(c3ccc(C(C)=O)cc3)CC2)NC(=O)N[C@@H]1c1ccc(F)c(F)c1. The molecule has 2 aromatic carbocycles. The molecule has 8 nitrogen and oxygen atoms in total. The number of urea groups is 1. The molecule has 0 saturated carbocycles. The lowest BCUT2D eigenvalue weighted by atomic mass is 9.94. The molecule has 2 aliphatic rings. The van der Waals surface area contributed by atoms with Crippen molar-refractivity contribution < 1.29 is 27.9 Å². The van der Waals surface area contributed by atoms with Gasteiger partial charge in [0.25, 0.3) is 0 Å². The van der Waals surface area contributed by atoms with Crippen molar-refractivity contribution in [2.45, 2.75) is 19.9 Å². The molecule has 0 aliphatic carbocycles. The second-order valence-corrected chi connectivity index (χ2v) is 8.68. The smallest absolute Gasteiger partial charge is 0.338 e. The van der Waals surface area contributed by atoms with Gasteiger partial charge in [0, 0.05) is 49.7 Å². The van der Waals surface area contributed by atoms with Gasteiger partial charge >= 0.3 is 12.0 Å². The average molecular weight is 499 g/mol. The van der Waals surface area contributed by atoms with Gasteiger partial charge in [0.2, 0.25) is 0 Å². The minimum Gasteiger partial charge on any atom is -0.463 e. The van der Waals surface area contributed by atoms with Crippen molar-refractivity contribution in [2.24, 2.45) is 0 Å². The number of esters is 1. The molecule has 1 fully saturated rings.